The van der Waals surface area contributed by atoms with Gasteiger partial charge in [-0.05, 0) is 49.8 Å². The van der Waals surface area contributed by atoms with Crippen molar-refractivity contribution in [1.29, 1.82) is 0 Å². The number of rotatable bonds is 41. The highest BCUT2D eigenvalue weighted by atomic mass is 32.2. The normalized spacial score (nSPS) is 14.2. The number of nitrogens with zero attached hydrogens (tertiary/aromatic N) is 4. The lowest BCUT2D eigenvalue weighted by Gasteiger charge is -2.36. The number of carbonyl (C=O) groups excluding carboxylic acids is 3. The molecular formula is C53H74F4N6O18S2. The number of esters is 1. The second-order valence-corrected chi connectivity index (χ2v) is 20.6. The van der Waals surface area contributed by atoms with E-state index in [1.165, 1.54) is 5.06 Å². The van der Waals surface area contributed by atoms with Crippen molar-refractivity contribution < 1.29 is 102 Å². The Bertz CT molecular complexity index is 2630. The summed E-state index contributed by atoms with van der Waals surface area (Å²) in [5.74, 6) is -12.7. The third-order valence-corrected chi connectivity index (χ3v) is 13.8. The smallest absolute Gasteiger partial charge is 0.313 e. The highest BCUT2D eigenvalue weighted by Crippen LogP contribution is 2.36. The van der Waals surface area contributed by atoms with Gasteiger partial charge in [-0.15, -0.1) is 11.3 Å². The number of amidine groups is 1. The Hall–Kier alpha value is -5.29. The lowest BCUT2D eigenvalue weighted by molar-refractivity contribution is -0.180. The number of halogens is 4. The molecule has 0 saturated carbocycles. The fraction of sp³-hybridized carbons (Fsp3) is 0.585. The fourth-order valence-corrected chi connectivity index (χ4v) is 9.65. The summed E-state index contributed by atoms with van der Waals surface area (Å²) in [4.78, 5) is 52.7. The van der Waals surface area contributed by atoms with Crippen molar-refractivity contribution in [1.82, 2.24) is 15.3 Å². The largest absolute Gasteiger partial charge is 0.420 e. The predicted octanol–water partition coefficient (Wildman–Crippen LogP) is 4.03. The van der Waals surface area contributed by atoms with Gasteiger partial charge in [0.1, 0.15) is 5.84 Å². The maximum atomic E-state index is 14.0. The van der Waals surface area contributed by atoms with Crippen LogP contribution in [0.3, 0.4) is 0 Å². The zero-order chi connectivity index (χ0) is 60.0. The molecule has 5 rings (SSSR count). The summed E-state index contributed by atoms with van der Waals surface area (Å²) in [7, 11) is -5.66. The lowest BCUT2D eigenvalue weighted by atomic mass is 10.1. The van der Waals surface area contributed by atoms with E-state index >= 15 is 0 Å². The Morgan fingerprint density at radius 1 is 0.759 bits per heavy atom. The monoisotopic (exact) mass is 1220 g/mol. The summed E-state index contributed by atoms with van der Waals surface area (Å²) in [5.41, 5.74) is 9.20. The van der Waals surface area contributed by atoms with Crippen molar-refractivity contribution in [2.24, 2.45) is 10.7 Å². The molecule has 1 saturated heterocycles. The van der Waals surface area contributed by atoms with E-state index in [9.17, 15) is 45.5 Å². The summed E-state index contributed by atoms with van der Waals surface area (Å²) in [5, 5.41) is 13.8. The van der Waals surface area contributed by atoms with Gasteiger partial charge < -0.3 is 68.4 Å². The molecule has 24 nitrogen and oxygen atoms in total. The number of anilines is 1. The number of aliphatic hydroxyl groups excluding tert-OH is 1. The molecule has 1 unspecified atom stereocenters. The van der Waals surface area contributed by atoms with E-state index in [-0.39, 0.29) is 97.5 Å². The zero-order valence-corrected chi connectivity index (χ0v) is 48.1. The van der Waals surface area contributed by atoms with Gasteiger partial charge in [0.15, 0.2) is 22.8 Å². The highest BCUT2D eigenvalue weighted by Gasteiger charge is 2.34. The van der Waals surface area contributed by atoms with Gasteiger partial charge >= 0.3 is 16.1 Å². The number of hydroxylamine groups is 2. The van der Waals surface area contributed by atoms with Crippen LogP contribution in [0.15, 0.2) is 45.8 Å². The van der Waals surface area contributed by atoms with Crippen molar-refractivity contribution in [2.45, 2.75) is 50.8 Å². The van der Waals surface area contributed by atoms with E-state index in [0.29, 0.717) is 69.7 Å². The van der Waals surface area contributed by atoms with Crippen LogP contribution in [0.4, 0.5) is 28.9 Å². The van der Waals surface area contributed by atoms with Gasteiger partial charge in [-0.25, -0.2) is 18.8 Å². The van der Waals surface area contributed by atoms with Crippen molar-refractivity contribution in [3.63, 3.8) is 0 Å². The number of fused-ring (bicyclic) bond motifs is 1. The molecule has 3 heterocycles. The average molecular weight is 1220 g/mol. The van der Waals surface area contributed by atoms with Gasteiger partial charge in [0.25, 0.3) is 11.8 Å². The van der Waals surface area contributed by atoms with Crippen LogP contribution in [-0.2, 0) is 73.7 Å². The second kappa shape index (κ2) is 37.2. The molecule has 464 valence electrons. The molecule has 30 heteroatoms. The molecule has 0 spiro atoms. The molecule has 83 heavy (non-hydrogen) atoms. The topological polar surface area (TPSA) is 287 Å². The minimum Gasteiger partial charge on any atom is -0.420 e. The summed E-state index contributed by atoms with van der Waals surface area (Å²) in [6.45, 7) is 12.0. The van der Waals surface area contributed by atoms with E-state index in [0.717, 1.165) is 60.3 Å². The first-order valence-electron chi connectivity index (χ1n) is 26.9. The van der Waals surface area contributed by atoms with Crippen molar-refractivity contribution >= 4 is 62.5 Å². The Kier molecular flexibility index (Phi) is 30.7. The number of thiophene rings is 1. The molecule has 1 atom stereocenters. The zero-order valence-electron chi connectivity index (χ0n) is 46.5. The molecule has 0 radical (unpaired) electrons. The number of nitrogens with one attached hydrogen (secondary N) is 1. The molecule has 1 aromatic heterocycles. The Morgan fingerprint density at radius 3 is 1.81 bits per heavy atom. The number of benzene rings is 2. The van der Waals surface area contributed by atoms with Gasteiger partial charge in [0, 0.05) is 73.9 Å². The molecule has 2 aliphatic rings. The van der Waals surface area contributed by atoms with Crippen LogP contribution in [-0.4, -0.2) is 216 Å². The molecule has 2 aromatic carbocycles. The number of hydrogen-bond acceptors (Lipinski definition) is 22. The van der Waals surface area contributed by atoms with Crippen LogP contribution in [0, 0.1) is 23.3 Å². The first-order chi connectivity index (χ1) is 40.0. The Morgan fingerprint density at radius 2 is 1.29 bits per heavy atom. The van der Waals surface area contributed by atoms with Gasteiger partial charge in [-0.3, -0.25) is 28.7 Å². The van der Waals surface area contributed by atoms with Gasteiger partial charge in [-0.1, -0.05) is 6.92 Å². The molecular weight excluding hydrogens is 1150 g/mol. The van der Waals surface area contributed by atoms with E-state index < -0.39 is 62.7 Å². The summed E-state index contributed by atoms with van der Waals surface area (Å²) in [6, 6.07) is 9.65. The molecule has 5 N–H and O–H groups in total. The number of aliphatic imine (C=N–C) groups is 1. The number of amides is 2. The Balaban J connectivity index is 0.781. The molecule has 2 amide bonds. The standard InChI is InChI=1S/C53H74F4N6O18S2/c1-3-11-63(80-4-2)53(67)38-32-42-41(60-43(58)33-38)34-40(82-42)35-61-12-14-62(15-13-61)39-7-5-37(6-8-39)52(66)59-10-17-72-19-21-74-24-26-76-28-30-78-45(36-64)79-31-29-77-27-25-75-23-22-73-20-18-71-16-9-44(65)81-50-46(54)48(56)51(83(68,69)70)49(57)47(50)55/h5-8,32,34,45,64H,3-4,9-31,33,35-36H2,1-2H3,(H2,58,60)(H,59,66)(H,68,69,70). The van der Waals surface area contributed by atoms with E-state index in [1.807, 2.05) is 44.2 Å². The van der Waals surface area contributed by atoms with Crippen LogP contribution in [0.25, 0.3) is 6.08 Å². The number of ether oxygens (including phenoxy) is 10. The highest BCUT2D eigenvalue weighted by molar-refractivity contribution is 7.85. The van der Waals surface area contributed by atoms with Gasteiger partial charge in [0.05, 0.1) is 136 Å². The second-order valence-electron chi connectivity index (χ2n) is 18.1. The van der Waals surface area contributed by atoms with Crippen LogP contribution >= 0.6 is 11.3 Å². The maximum Gasteiger partial charge on any atom is 0.313 e. The van der Waals surface area contributed by atoms with E-state index in [1.54, 1.807) is 11.3 Å². The first-order valence-corrected chi connectivity index (χ1v) is 29.2. The fourth-order valence-electron chi connectivity index (χ4n) is 7.90. The third kappa shape index (κ3) is 23.6. The molecule has 1 fully saturated rings. The minimum absolute atomic E-state index is 0.00491. The number of piperazine rings is 1. The van der Waals surface area contributed by atoms with E-state index in [2.05, 4.69) is 30.9 Å². The summed E-state index contributed by atoms with van der Waals surface area (Å²) >= 11 is 1.63. The van der Waals surface area contributed by atoms with Crippen LogP contribution in [0.2, 0.25) is 0 Å². The first kappa shape index (κ1) is 68.5. The number of hydrogen-bond donors (Lipinski definition) is 4. The van der Waals surface area contributed by atoms with Gasteiger partial charge in [0.2, 0.25) is 17.4 Å². The predicted molar refractivity (Wildman–Crippen MR) is 293 cm³/mol. The van der Waals surface area contributed by atoms with Crippen molar-refractivity contribution in [3.05, 3.63) is 74.5 Å². The Labute approximate surface area is 483 Å². The van der Waals surface area contributed by atoms with Crippen LogP contribution in [0.1, 0.15) is 53.2 Å². The molecule has 3 aromatic rings. The van der Waals surface area contributed by atoms with Crippen LogP contribution in [0.5, 0.6) is 5.75 Å². The van der Waals surface area contributed by atoms with Crippen LogP contribution < -0.4 is 20.7 Å². The number of nitrogens with two attached hydrogens (primary N) is 1. The van der Waals surface area contributed by atoms with Crippen molar-refractivity contribution in [3.8, 4) is 5.75 Å². The molecule has 0 bridgehead atoms. The third-order valence-electron chi connectivity index (χ3n) is 11.9. The summed E-state index contributed by atoms with van der Waals surface area (Å²) < 4.78 is 140. The minimum atomic E-state index is -5.66. The van der Waals surface area contributed by atoms with Crippen molar-refractivity contribution in [2.75, 3.05) is 163 Å². The molecule has 0 aliphatic carbocycles. The number of carbonyl (C=O) groups is 3. The average Bonchev–Trinajstić information content (AvgIpc) is 3.90. The molecule has 2 aliphatic heterocycles. The van der Waals surface area contributed by atoms with Gasteiger partial charge in [-0.2, -0.15) is 17.2 Å². The SMILES string of the molecule is CCCN(OCC)C(=O)C1=Cc2sc(CN3CCN(c4ccc(C(=O)NCCOCCOCCOCCOC(CO)OCCOCCOCCOCCOCCC(=O)Oc5c(F)c(F)c(S(=O)(=O)O)c(F)c5F)cc4)CC3)cc2N=C(N)C1. The lowest BCUT2D eigenvalue weighted by Crippen LogP contribution is -2.45. The summed E-state index contributed by atoms with van der Waals surface area (Å²) in [6.07, 6.45) is 1.49. The number of aliphatic hydroxyl groups is 1. The maximum absolute atomic E-state index is 14.0. The van der Waals surface area contributed by atoms with E-state index in [4.69, 9.17) is 57.8 Å². The quantitative estimate of drug-likeness (QED) is 0.00912.